The van der Waals surface area contributed by atoms with Gasteiger partial charge in [-0.15, -0.1) is 0 Å². The number of sulfone groups is 1. The van der Waals surface area contributed by atoms with E-state index in [0.29, 0.717) is 18.6 Å². The molecule has 0 aromatic heterocycles. The molecule has 0 spiro atoms. The number of carbonyl (C=O) groups excluding carboxylic acids is 2. The molecule has 26 heavy (non-hydrogen) atoms. The molecule has 0 radical (unpaired) electrons. The van der Waals surface area contributed by atoms with Crippen LogP contribution in [0.5, 0.6) is 0 Å². The third kappa shape index (κ3) is 4.50. The number of ether oxygens (including phenoxy) is 1. The Labute approximate surface area is 155 Å². The summed E-state index contributed by atoms with van der Waals surface area (Å²) in [5.41, 5.74) is -0.406. The van der Waals surface area contributed by atoms with E-state index in [0.717, 1.165) is 0 Å². The fraction of sp³-hybridized carbons (Fsp3) is 0.500. The van der Waals surface area contributed by atoms with Crippen molar-refractivity contribution in [2.24, 2.45) is 0 Å². The predicted octanol–water partition coefficient (Wildman–Crippen LogP) is 2.20. The second kappa shape index (κ2) is 7.87. The van der Waals surface area contributed by atoms with Crippen molar-refractivity contribution in [1.82, 2.24) is 4.90 Å². The minimum Gasteiger partial charge on any atom is -0.449 e. The average molecular weight is 410 g/mol. The Balaban J connectivity index is 2.10. The van der Waals surface area contributed by atoms with E-state index in [1.165, 1.54) is 11.8 Å². The first-order valence-corrected chi connectivity index (χ1v) is 10.1. The molecule has 0 N–H and O–H groups in total. The molecule has 1 saturated heterocycles. The Kier molecular flexibility index (Phi) is 6.23. The molecule has 2 atom stereocenters. The highest BCUT2D eigenvalue weighted by Gasteiger charge is 2.36. The summed E-state index contributed by atoms with van der Waals surface area (Å²) in [5, 5.41) is -0.345. The van der Waals surface area contributed by atoms with Crippen LogP contribution in [-0.4, -0.2) is 55.4 Å². The normalized spacial score (nSPS) is 19.8. The predicted molar refractivity (Wildman–Crippen MR) is 90.7 cm³/mol. The van der Waals surface area contributed by atoms with Crippen molar-refractivity contribution >= 4 is 33.3 Å². The van der Waals surface area contributed by atoms with Gasteiger partial charge in [0.2, 0.25) is 0 Å². The quantitative estimate of drug-likeness (QED) is 0.550. The molecule has 1 aliphatic rings. The van der Waals surface area contributed by atoms with E-state index >= 15 is 0 Å². The largest absolute Gasteiger partial charge is 0.449 e. The van der Waals surface area contributed by atoms with Gasteiger partial charge in [0.05, 0.1) is 22.1 Å². The minimum atomic E-state index is -3.19. The number of hydrogen-bond donors (Lipinski definition) is 0. The fourth-order valence-electron chi connectivity index (χ4n) is 2.80. The summed E-state index contributed by atoms with van der Waals surface area (Å²) in [4.78, 5) is 26.0. The lowest BCUT2D eigenvalue weighted by atomic mass is 10.2. The van der Waals surface area contributed by atoms with Crippen molar-refractivity contribution < 1.29 is 31.5 Å². The van der Waals surface area contributed by atoms with Gasteiger partial charge >= 0.3 is 5.97 Å². The molecule has 2 unspecified atom stereocenters. The number of carbonyl (C=O) groups is 2. The number of benzene rings is 1. The zero-order valence-corrected chi connectivity index (χ0v) is 15.7. The van der Waals surface area contributed by atoms with Crippen molar-refractivity contribution in [3.63, 3.8) is 0 Å². The van der Waals surface area contributed by atoms with Gasteiger partial charge in [-0.1, -0.05) is 11.6 Å². The molecule has 1 amide bonds. The second-order valence-electron chi connectivity index (χ2n) is 5.97. The van der Waals surface area contributed by atoms with E-state index in [-0.39, 0.29) is 23.1 Å². The summed E-state index contributed by atoms with van der Waals surface area (Å²) >= 11 is 5.71. The fourth-order valence-corrected chi connectivity index (χ4v) is 4.76. The van der Waals surface area contributed by atoms with Crippen molar-refractivity contribution in [2.75, 3.05) is 18.1 Å². The van der Waals surface area contributed by atoms with E-state index in [9.17, 15) is 26.8 Å². The Morgan fingerprint density at radius 3 is 2.50 bits per heavy atom. The van der Waals surface area contributed by atoms with Crippen LogP contribution in [0, 0.1) is 11.6 Å². The number of likely N-dealkylation sites (N-methyl/N-ethyl adjacent to an activating group) is 1. The van der Waals surface area contributed by atoms with Crippen LogP contribution in [0.25, 0.3) is 0 Å². The molecule has 1 fully saturated rings. The van der Waals surface area contributed by atoms with Gasteiger partial charge in [-0.2, -0.15) is 0 Å². The van der Waals surface area contributed by atoms with Gasteiger partial charge in [0.25, 0.3) is 5.91 Å². The Morgan fingerprint density at radius 1 is 1.35 bits per heavy atom. The van der Waals surface area contributed by atoms with Crippen molar-refractivity contribution in [2.45, 2.75) is 32.4 Å². The summed E-state index contributed by atoms with van der Waals surface area (Å²) < 4.78 is 54.6. The molecule has 1 aromatic carbocycles. The molecule has 1 heterocycles. The third-order valence-corrected chi connectivity index (χ3v) is 6.20. The maximum atomic E-state index is 13.3. The SMILES string of the molecule is CCN(C(=O)C(C)OC(=O)c1cc(F)c(F)cc1Cl)C1CCS(=O)(=O)C1. The van der Waals surface area contributed by atoms with Crippen LogP contribution >= 0.6 is 11.6 Å². The topological polar surface area (TPSA) is 80.8 Å². The molecular formula is C16H18ClF2NO5S. The monoisotopic (exact) mass is 409 g/mol. The molecule has 2 rings (SSSR count). The van der Waals surface area contributed by atoms with Crippen molar-refractivity contribution in [3.05, 3.63) is 34.4 Å². The van der Waals surface area contributed by atoms with Gasteiger partial charge in [-0.05, 0) is 32.4 Å². The first-order chi connectivity index (χ1) is 12.1. The maximum Gasteiger partial charge on any atom is 0.340 e. The summed E-state index contributed by atoms with van der Waals surface area (Å²) in [6.07, 6.45) is -0.924. The molecule has 144 valence electrons. The number of rotatable bonds is 5. The molecule has 0 saturated carbocycles. The molecule has 1 aromatic rings. The van der Waals surface area contributed by atoms with E-state index in [2.05, 4.69) is 0 Å². The summed E-state index contributed by atoms with van der Waals surface area (Å²) in [6.45, 7) is 3.25. The maximum absolute atomic E-state index is 13.3. The van der Waals surface area contributed by atoms with Gasteiger partial charge in [0, 0.05) is 12.6 Å². The average Bonchev–Trinajstić information content (AvgIpc) is 2.91. The third-order valence-electron chi connectivity index (χ3n) is 4.13. The minimum absolute atomic E-state index is 0.0000789. The summed E-state index contributed by atoms with van der Waals surface area (Å²) in [5.74, 6) is -4.27. The summed E-state index contributed by atoms with van der Waals surface area (Å²) in [7, 11) is -3.19. The van der Waals surface area contributed by atoms with Gasteiger partial charge in [-0.3, -0.25) is 4.79 Å². The number of amides is 1. The van der Waals surface area contributed by atoms with E-state index < -0.39 is 51.1 Å². The highest BCUT2D eigenvalue weighted by Crippen LogP contribution is 2.22. The molecule has 10 heteroatoms. The lowest BCUT2D eigenvalue weighted by molar-refractivity contribution is -0.141. The first-order valence-electron chi connectivity index (χ1n) is 7.92. The number of nitrogens with zero attached hydrogens (tertiary/aromatic N) is 1. The highest BCUT2D eigenvalue weighted by molar-refractivity contribution is 7.91. The Bertz CT molecular complexity index is 830. The number of halogens is 3. The van der Waals surface area contributed by atoms with E-state index in [4.69, 9.17) is 16.3 Å². The van der Waals surface area contributed by atoms with E-state index in [1.54, 1.807) is 6.92 Å². The molecule has 0 bridgehead atoms. The van der Waals surface area contributed by atoms with Gasteiger partial charge < -0.3 is 9.64 Å². The Hall–Kier alpha value is -1.74. The lowest BCUT2D eigenvalue weighted by Gasteiger charge is -2.29. The van der Waals surface area contributed by atoms with Crippen LogP contribution in [0.4, 0.5) is 8.78 Å². The van der Waals surface area contributed by atoms with Crippen LogP contribution in [-0.2, 0) is 19.4 Å². The smallest absolute Gasteiger partial charge is 0.340 e. The number of esters is 1. The van der Waals surface area contributed by atoms with Crippen LogP contribution in [0.1, 0.15) is 30.6 Å². The van der Waals surface area contributed by atoms with E-state index in [1.807, 2.05) is 0 Å². The first kappa shape index (κ1) is 20.6. The number of hydrogen-bond acceptors (Lipinski definition) is 5. The molecule has 6 nitrogen and oxygen atoms in total. The Morgan fingerprint density at radius 2 is 1.96 bits per heavy atom. The highest BCUT2D eigenvalue weighted by atomic mass is 35.5. The van der Waals surface area contributed by atoms with Gasteiger partial charge in [-0.25, -0.2) is 22.0 Å². The zero-order chi connectivity index (χ0) is 19.6. The van der Waals surface area contributed by atoms with Gasteiger partial charge in [0.1, 0.15) is 0 Å². The summed E-state index contributed by atoms with van der Waals surface area (Å²) in [6, 6.07) is 0.755. The standard InChI is InChI=1S/C16H18ClF2NO5S/c1-3-20(10-4-5-26(23,24)8-10)15(21)9(2)25-16(22)11-6-13(18)14(19)7-12(11)17/h6-7,9-10H,3-5,8H2,1-2H3. The molecule has 1 aliphatic heterocycles. The van der Waals surface area contributed by atoms with Crippen LogP contribution < -0.4 is 0 Å². The second-order valence-corrected chi connectivity index (χ2v) is 8.61. The van der Waals surface area contributed by atoms with Crippen LogP contribution in [0.3, 0.4) is 0 Å². The zero-order valence-electron chi connectivity index (χ0n) is 14.2. The molecule has 0 aliphatic carbocycles. The lowest BCUT2D eigenvalue weighted by Crippen LogP contribution is -2.46. The van der Waals surface area contributed by atoms with Crippen molar-refractivity contribution in [3.8, 4) is 0 Å². The molecular weight excluding hydrogens is 392 g/mol. The van der Waals surface area contributed by atoms with Crippen LogP contribution in [0.2, 0.25) is 5.02 Å². The van der Waals surface area contributed by atoms with Gasteiger partial charge in [0.15, 0.2) is 27.6 Å². The van der Waals surface area contributed by atoms with Crippen LogP contribution in [0.15, 0.2) is 12.1 Å². The van der Waals surface area contributed by atoms with Crippen molar-refractivity contribution in [1.29, 1.82) is 0 Å².